The zero-order chi connectivity index (χ0) is 20.8. The number of thioether (sulfide) groups is 1. The summed E-state index contributed by atoms with van der Waals surface area (Å²) in [7, 11) is 0. The number of halogens is 1. The fourth-order valence-electron chi connectivity index (χ4n) is 2.87. The molecule has 0 aliphatic carbocycles. The molecule has 0 atom stereocenters. The smallest absolute Gasteiger partial charge is 0.266 e. The Bertz CT molecular complexity index is 950. The Hall–Kier alpha value is -2.19. The van der Waals surface area contributed by atoms with E-state index >= 15 is 0 Å². The first-order valence-electron chi connectivity index (χ1n) is 8.97. The van der Waals surface area contributed by atoms with E-state index in [0.717, 1.165) is 5.56 Å². The first-order valence-corrected chi connectivity index (χ1v) is 10.6. The van der Waals surface area contributed by atoms with Crippen LogP contribution in [0.4, 0.5) is 5.69 Å². The average Bonchev–Trinajstić information content (AvgIpc) is 2.99. The second kappa shape index (κ2) is 10.0. The molecule has 5 nitrogen and oxygen atoms in total. The van der Waals surface area contributed by atoms with Gasteiger partial charge in [0.15, 0.2) is 0 Å². The lowest BCUT2D eigenvalue weighted by Crippen LogP contribution is -2.37. The number of aliphatic hydroxyl groups excluding tert-OH is 1. The number of carbonyl (C=O) groups excluding carboxylic acids is 2. The number of rotatable bonds is 7. The third-order valence-corrected chi connectivity index (χ3v) is 6.03. The minimum absolute atomic E-state index is 0.0979. The highest BCUT2D eigenvalue weighted by Crippen LogP contribution is 2.33. The summed E-state index contributed by atoms with van der Waals surface area (Å²) < 4.78 is 0.412. The van der Waals surface area contributed by atoms with Gasteiger partial charge in [0.1, 0.15) is 4.32 Å². The van der Waals surface area contributed by atoms with Crippen LogP contribution in [0.25, 0.3) is 6.08 Å². The number of hydrogen-bond acceptors (Lipinski definition) is 5. The van der Waals surface area contributed by atoms with Crippen molar-refractivity contribution in [3.8, 4) is 0 Å². The topological polar surface area (TPSA) is 60.9 Å². The van der Waals surface area contributed by atoms with Crippen LogP contribution < -0.4 is 4.90 Å². The van der Waals surface area contributed by atoms with Gasteiger partial charge in [-0.3, -0.25) is 14.5 Å². The zero-order valence-corrected chi connectivity index (χ0v) is 17.8. The molecule has 1 fully saturated rings. The van der Waals surface area contributed by atoms with Crippen molar-refractivity contribution in [2.75, 3.05) is 24.6 Å². The molecule has 0 bridgehead atoms. The molecule has 1 saturated heterocycles. The Morgan fingerprint density at radius 3 is 2.55 bits per heavy atom. The molecule has 1 N–H and O–H groups in total. The molecule has 0 saturated carbocycles. The fourth-order valence-corrected chi connectivity index (χ4v) is 4.36. The molecule has 2 aromatic carbocycles. The monoisotopic (exact) mass is 446 g/mol. The molecule has 0 aromatic heterocycles. The lowest BCUT2D eigenvalue weighted by Gasteiger charge is -2.23. The van der Waals surface area contributed by atoms with Crippen molar-refractivity contribution < 1.29 is 14.7 Å². The predicted octanol–water partition coefficient (Wildman–Crippen LogP) is 3.96. The van der Waals surface area contributed by atoms with Gasteiger partial charge < -0.3 is 10.0 Å². The number of carbonyl (C=O) groups is 2. The Balaban J connectivity index is 1.68. The summed E-state index contributed by atoms with van der Waals surface area (Å²) >= 11 is 12.7. The van der Waals surface area contributed by atoms with E-state index in [0.29, 0.717) is 19.9 Å². The van der Waals surface area contributed by atoms with Crippen LogP contribution in [0, 0.1) is 0 Å². The van der Waals surface area contributed by atoms with Crippen LogP contribution in [0.5, 0.6) is 0 Å². The molecule has 1 heterocycles. The Labute approximate surface area is 183 Å². The molecule has 2 aromatic rings. The fraction of sp³-hybridized carbons (Fsp3) is 0.190. The van der Waals surface area contributed by atoms with Crippen molar-refractivity contribution in [2.45, 2.75) is 6.42 Å². The van der Waals surface area contributed by atoms with E-state index in [-0.39, 0.29) is 37.9 Å². The van der Waals surface area contributed by atoms with Gasteiger partial charge in [0.05, 0.1) is 11.5 Å². The van der Waals surface area contributed by atoms with Crippen LogP contribution in [0.1, 0.15) is 12.0 Å². The molecule has 1 aliphatic rings. The highest BCUT2D eigenvalue weighted by molar-refractivity contribution is 8.26. The van der Waals surface area contributed by atoms with Gasteiger partial charge in [0.25, 0.3) is 5.91 Å². The van der Waals surface area contributed by atoms with Crippen LogP contribution in [-0.2, 0) is 9.59 Å². The highest BCUT2D eigenvalue weighted by atomic mass is 35.5. The second-order valence-electron chi connectivity index (χ2n) is 6.21. The average molecular weight is 447 g/mol. The minimum Gasteiger partial charge on any atom is -0.395 e. The summed E-state index contributed by atoms with van der Waals surface area (Å²) in [4.78, 5) is 28.9. The summed E-state index contributed by atoms with van der Waals surface area (Å²) in [6.45, 7) is 0.216. The van der Waals surface area contributed by atoms with Gasteiger partial charge in [-0.15, -0.1) is 0 Å². The van der Waals surface area contributed by atoms with E-state index in [1.807, 2.05) is 36.4 Å². The molecule has 0 spiro atoms. The lowest BCUT2D eigenvalue weighted by atomic mass is 10.2. The Morgan fingerprint density at radius 1 is 1.17 bits per heavy atom. The Kier molecular flexibility index (Phi) is 7.44. The number of hydrogen-bond donors (Lipinski definition) is 1. The van der Waals surface area contributed by atoms with Crippen LogP contribution in [0.15, 0.2) is 59.5 Å². The van der Waals surface area contributed by atoms with Crippen LogP contribution in [0.3, 0.4) is 0 Å². The molecular formula is C21H19ClN2O3S2. The van der Waals surface area contributed by atoms with Crippen molar-refractivity contribution in [3.63, 3.8) is 0 Å². The Morgan fingerprint density at radius 2 is 1.86 bits per heavy atom. The summed E-state index contributed by atoms with van der Waals surface area (Å²) in [5.74, 6) is -0.421. The third kappa shape index (κ3) is 5.25. The number of para-hydroxylation sites is 1. The SMILES string of the molecule is O=C1/C(=C/c2ccccc2Cl)SC(=S)N1CCC(=O)N(CCO)c1ccccc1. The standard InChI is InChI=1S/C21H19ClN2O3S2/c22-17-9-5-4-6-15(17)14-18-20(27)24(21(28)29-18)11-10-19(26)23(12-13-25)16-7-2-1-3-8-16/h1-9,14,25H,10-13H2/b18-14-. The normalized spacial score (nSPS) is 15.2. The molecule has 0 radical (unpaired) electrons. The molecule has 8 heteroatoms. The predicted molar refractivity (Wildman–Crippen MR) is 122 cm³/mol. The number of thiocarbonyl (C=S) groups is 1. The molecule has 29 heavy (non-hydrogen) atoms. The number of benzene rings is 2. The van der Waals surface area contributed by atoms with E-state index in [1.54, 1.807) is 24.3 Å². The van der Waals surface area contributed by atoms with Gasteiger partial charge in [0.2, 0.25) is 5.91 Å². The van der Waals surface area contributed by atoms with E-state index in [2.05, 4.69) is 0 Å². The maximum absolute atomic E-state index is 12.8. The van der Waals surface area contributed by atoms with Crippen molar-refractivity contribution in [2.24, 2.45) is 0 Å². The molecule has 150 valence electrons. The third-order valence-electron chi connectivity index (χ3n) is 4.31. The molecule has 3 rings (SSSR count). The maximum Gasteiger partial charge on any atom is 0.266 e. The minimum atomic E-state index is -0.235. The van der Waals surface area contributed by atoms with Gasteiger partial charge in [-0.25, -0.2) is 0 Å². The van der Waals surface area contributed by atoms with Gasteiger partial charge in [-0.2, -0.15) is 0 Å². The first-order chi connectivity index (χ1) is 14.0. The van der Waals surface area contributed by atoms with Crippen LogP contribution in [0.2, 0.25) is 5.02 Å². The molecular weight excluding hydrogens is 428 g/mol. The number of aliphatic hydroxyl groups is 1. The zero-order valence-electron chi connectivity index (χ0n) is 15.5. The summed E-state index contributed by atoms with van der Waals surface area (Å²) in [5, 5.41) is 9.86. The van der Waals surface area contributed by atoms with Crippen molar-refractivity contribution >= 4 is 63.5 Å². The van der Waals surface area contributed by atoms with Gasteiger partial charge in [-0.05, 0) is 29.8 Å². The van der Waals surface area contributed by atoms with E-state index in [4.69, 9.17) is 23.8 Å². The lowest BCUT2D eigenvalue weighted by molar-refractivity contribution is -0.123. The molecule has 0 unspecified atom stereocenters. The largest absolute Gasteiger partial charge is 0.395 e. The van der Waals surface area contributed by atoms with Crippen molar-refractivity contribution in [3.05, 3.63) is 70.1 Å². The van der Waals surface area contributed by atoms with E-state index in [1.165, 1.54) is 21.6 Å². The summed E-state index contributed by atoms with van der Waals surface area (Å²) in [6.07, 6.45) is 1.81. The van der Waals surface area contributed by atoms with E-state index < -0.39 is 0 Å². The van der Waals surface area contributed by atoms with Gasteiger partial charge in [-0.1, -0.05) is 72.0 Å². The van der Waals surface area contributed by atoms with Crippen LogP contribution >= 0.6 is 35.6 Å². The van der Waals surface area contributed by atoms with E-state index in [9.17, 15) is 14.7 Å². The second-order valence-corrected chi connectivity index (χ2v) is 8.29. The summed E-state index contributed by atoms with van der Waals surface area (Å²) in [6, 6.07) is 16.4. The number of anilines is 1. The molecule has 1 aliphatic heterocycles. The summed E-state index contributed by atoms with van der Waals surface area (Å²) in [5.41, 5.74) is 1.44. The van der Waals surface area contributed by atoms with Crippen molar-refractivity contribution in [1.82, 2.24) is 4.90 Å². The first kappa shape index (κ1) is 21.5. The maximum atomic E-state index is 12.8. The van der Waals surface area contributed by atoms with Crippen molar-refractivity contribution in [1.29, 1.82) is 0 Å². The highest BCUT2D eigenvalue weighted by Gasteiger charge is 2.32. The quantitative estimate of drug-likeness (QED) is 0.515. The molecule has 2 amide bonds. The number of amides is 2. The van der Waals surface area contributed by atoms with Gasteiger partial charge >= 0.3 is 0 Å². The van der Waals surface area contributed by atoms with Gasteiger partial charge in [0, 0.05) is 30.2 Å². The van der Waals surface area contributed by atoms with Crippen LogP contribution in [-0.4, -0.2) is 45.8 Å². The number of nitrogens with zero attached hydrogens (tertiary/aromatic N) is 2.